The van der Waals surface area contributed by atoms with Crippen molar-refractivity contribution >= 4 is 29.0 Å². The van der Waals surface area contributed by atoms with Gasteiger partial charge in [-0.3, -0.25) is 10.1 Å². The Morgan fingerprint density at radius 1 is 1.32 bits per heavy atom. The fraction of sp³-hybridized carbons (Fsp3) is 0.231. The van der Waals surface area contributed by atoms with Crippen LogP contribution in [0, 0.1) is 10.1 Å². The average Bonchev–Trinajstić information content (AvgIpc) is 2.46. The van der Waals surface area contributed by atoms with Gasteiger partial charge in [0.25, 0.3) is 0 Å². The van der Waals surface area contributed by atoms with Crippen molar-refractivity contribution in [1.82, 2.24) is 9.97 Å². The van der Waals surface area contributed by atoms with E-state index in [1.807, 2.05) is 0 Å². The highest BCUT2D eigenvalue weighted by Gasteiger charge is 2.24. The third-order valence-corrected chi connectivity index (χ3v) is 2.84. The van der Waals surface area contributed by atoms with Crippen molar-refractivity contribution in [2.75, 3.05) is 37.2 Å². The Balaban J connectivity index is 2.55. The van der Waals surface area contributed by atoms with Crippen LogP contribution in [0.1, 0.15) is 0 Å². The van der Waals surface area contributed by atoms with E-state index < -0.39 is 4.92 Å². The van der Waals surface area contributed by atoms with Crippen LogP contribution in [0.5, 0.6) is 5.75 Å². The quantitative estimate of drug-likeness (QED) is 0.633. The van der Waals surface area contributed by atoms with Crippen LogP contribution in [0.2, 0.25) is 0 Å². The van der Waals surface area contributed by atoms with Crippen molar-refractivity contribution < 1.29 is 9.66 Å². The molecule has 9 nitrogen and oxygen atoms in total. The largest absolute Gasteiger partial charge is 0.495 e. The first-order chi connectivity index (χ1) is 10.4. The Bertz CT molecular complexity index is 704. The van der Waals surface area contributed by atoms with E-state index in [0.29, 0.717) is 11.4 Å². The van der Waals surface area contributed by atoms with E-state index in [2.05, 4.69) is 15.3 Å². The number of aromatic nitrogens is 2. The molecule has 3 N–H and O–H groups in total. The summed E-state index contributed by atoms with van der Waals surface area (Å²) in [5.41, 5.74) is 5.85. The first-order valence-corrected chi connectivity index (χ1v) is 6.33. The van der Waals surface area contributed by atoms with Gasteiger partial charge in [0, 0.05) is 14.1 Å². The van der Waals surface area contributed by atoms with Crippen LogP contribution in [0.4, 0.5) is 29.0 Å². The molecule has 1 aromatic heterocycles. The Kier molecular flexibility index (Phi) is 4.25. The third kappa shape index (κ3) is 2.97. The second-order valence-corrected chi connectivity index (χ2v) is 4.58. The predicted octanol–water partition coefficient (Wildman–Crippen LogP) is 1.79. The molecular formula is C13H16N6O3. The summed E-state index contributed by atoms with van der Waals surface area (Å²) in [7, 11) is 4.94. The van der Waals surface area contributed by atoms with Gasteiger partial charge in [0.2, 0.25) is 17.6 Å². The summed E-state index contributed by atoms with van der Waals surface area (Å²) in [6.45, 7) is 0. The topological polar surface area (TPSA) is 119 Å². The van der Waals surface area contributed by atoms with Crippen molar-refractivity contribution in [3.8, 4) is 5.75 Å². The summed E-state index contributed by atoms with van der Waals surface area (Å²) < 4.78 is 5.21. The van der Waals surface area contributed by atoms with E-state index in [1.165, 1.54) is 7.11 Å². The number of nitrogen functional groups attached to an aromatic ring is 1. The van der Waals surface area contributed by atoms with Crippen molar-refractivity contribution in [1.29, 1.82) is 0 Å². The molecule has 0 unspecified atom stereocenters. The minimum atomic E-state index is -0.619. The smallest absolute Gasteiger partial charge is 0.353 e. The lowest BCUT2D eigenvalue weighted by molar-refractivity contribution is -0.383. The van der Waals surface area contributed by atoms with E-state index in [4.69, 9.17) is 10.5 Å². The maximum Gasteiger partial charge on any atom is 0.353 e. The summed E-state index contributed by atoms with van der Waals surface area (Å²) in [5.74, 6) is 0.590. The number of nitrogens with two attached hydrogens (primary N) is 1. The van der Waals surface area contributed by atoms with E-state index in [0.717, 1.165) is 0 Å². The molecule has 22 heavy (non-hydrogen) atoms. The zero-order valence-corrected chi connectivity index (χ0v) is 12.4. The number of anilines is 4. The molecule has 0 spiro atoms. The molecule has 2 aromatic rings. The molecule has 0 amide bonds. The second-order valence-electron chi connectivity index (χ2n) is 4.58. The van der Waals surface area contributed by atoms with Crippen molar-refractivity contribution in [2.45, 2.75) is 0 Å². The molecule has 0 saturated carbocycles. The molecule has 1 aromatic carbocycles. The van der Waals surface area contributed by atoms with E-state index in [-0.39, 0.29) is 23.3 Å². The summed E-state index contributed by atoms with van der Waals surface area (Å²) in [6, 6.07) is 7.01. The molecule has 0 radical (unpaired) electrons. The highest BCUT2D eigenvalue weighted by atomic mass is 16.6. The Hall–Kier alpha value is -3.10. The number of nitrogens with zero attached hydrogens (tertiary/aromatic N) is 4. The average molecular weight is 304 g/mol. The highest BCUT2D eigenvalue weighted by molar-refractivity contribution is 5.76. The van der Waals surface area contributed by atoms with Crippen LogP contribution in [0.25, 0.3) is 0 Å². The minimum absolute atomic E-state index is 0.00528. The predicted molar refractivity (Wildman–Crippen MR) is 83.7 cm³/mol. The van der Waals surface area contributed by atoms with Gasteiger partial charge in [0.15, 0.2) is 0 Å². The van der Waals surface area contributed by atoms with Crippen molar-refractivity contribution in [2.24, 2.45) is 0 Å². The minimum Gasteiger partial charge on any atom is -0.495 e. The van der Waals surface area contributed by atoms with Crippen LogP contribution in [0.15, 0.2) is 24.3 Å². The fourth-order valence-corrected chi connectivity index (χ4v) is 1.80. The standard InChI is InChI=1S/C13H16N6O3/c1-18(2)13-16-11(14)10(19(20)21)12(17-13)15-8-6-4-5-7-9(8)22-3/h4-7H,1-3H3,(H3,14,15,16,17). The molecular weight excluding hydrogens is 288 g/mol. The van der Waals surface area contributed by atoms with Crippen LogP contribution >= 0.6 is 0 Å². The zero-order chi connectivity index (χ0) is 16.3. The number of nitrogens with one attached hydrogen (secondary N) is 1. The van der Waals surface area contributed by atoms with E-state index in [9.17, 15) is 10.1 Å². The molecule has 0 bridgehead atoms. The fourth-order valence-electron chi connectivity index (χ4n) is 1.80. The lowest BCUT2D eigenvalue weighted by Crippen LogP contribution is -2.16. The van der Waals surface area contributed by atoms with Gasteiger partial charge in [-0.2, -0.15) is 9.97 Å². The normalized spacial score (nSPS) is 10.1. The maximum atomic E-state index is 11.2. The van der Waals surface area contributed by atoms with Gasteiger partial charge in [-0.1, -0.05) is 12.1 Å². The lowest BCUT2D eigenvalue weighted by Gasteiger charge is -2.14. The van der Waals surface area contributed by atoms with Gasteiger partial charge in [-0.25, -0.2) is 0 Å². The summed E-state index contributed by atoms with van der Waals surface area (Å²) >= 11 is 0. The van der Waals surface area contributed by atoms with E-state index >= 15 is 0 Å². The Morgan fingerprint density at radius 3 is 2.59 bits per heavy atom. The molecule has 0 aliphatic carbocycles. The first kappa shape index (κ1) is 15.3. The van der Waals surface area contributed by atoms with Crippen LogP contribution < -0.4 is 20.7 Å². The molecule has 116 valence electrons. The van der Waals surface area contributed by atoms with Gasteiger partial charge < -0.3 is 20.7 Å². The van der Waals surface area contributed by atoms with Crippen molar-refractivity contribution in [3.05, 3.63) is 34.4 Å². The molecule has 0 aliphatic heterocycles. The van der Waals surface area contributed by atoms with Crippen LogP contribution in [-0.2, 0) is 0 Å². The molecule has 0 atom stereocenters. The number of nitro groups is 1. The van der Waals surface area contributed by atoms with Gasteiger partial charge in [-0.05, 0) is 12.1 Å². The van der Waals surface area contributed by atoms with Crippen LogP contribution in [-0.4, -0.2) is 36.1 Å². The molecule has 0 saturated heterocycles. The van der Waals surface area contributed by atoms with Gasteiger partial charge >= 0.3 is 5.69 Å². The number of benzene rings is 1. The lowest BCUT2D eigenvalue weighted by atomic mass is 10.3. The first-order valence-electron chi connectivity index (χ1n) is 6.33. The maximum absolute atomic E-state index is 11.2. The third-order valence-electron chi connectivity index (χ3n) is 2.84. The Morgan fingerprint density at radius 2 is 2.00 bits per heavy atom. The zero-order valence-electron chi connectivity index (χ0n) is 12.4. The molecule has 9 heteroatoms. The number of methoxy groups -OCH3 is 1. The summed E-state index contributed by atoms with van der Waals surface area (Å²) in [5, 5.41) is 14.1. The SMILES string of the molecule is COc1ccccc1Nc1nc(N(C)C)nc(N)c1[N+](=O)[O-]. The van der Waals surface area contributed by atoms with E-state index in [1.54, 1.807) is 43.3 Å². The number of rotatable bonds is 5. The van der Waals surface area contributed by atoms with Gasteiger partial charge in [-0.15, -0.1) is 0 Å². The number of hydrogen-bond donors (Lipinski definition) is 2. The van der Waals surface area contributed by atoms with Gasteiger partial charge in [0.05, 0.1) is 17.7 Å². The monoisotopic (exact) mass is 304 g/mol. The highest BCUT2D eigenvalue weighted by Crippen LogP contribution is 2.34. The molecule has 0 aliphatic rings. The second kappa shape index (κ2) is 6.12. The van der Waals surface area contributed by atoms with Gasteiger partial charge in [0.1, 0.15) is 5.75 Å². The number of para-hydroxylation sites is 2. The molecule has 0 fully saturated rings. The summed E-state index contributed by atoms with van der Waals surface area (Å²) in [6.07, 6.45) is 0. The van der Waals surface area contributed by atoms with Crippen LogP contribution in [0.3, 0.4) is 0 Å². The summed E-state index contributed by atoms with van der Waals surface area (Å²) in [4.78, 5) is 20.3. The number of ether oxygens (including phenoxy) is 1. The van der Waals surface area contributed by atoms with Crippen molar-refractivity contribution in [3.63, 3.8) is 0 Å². The molecule has 2 rings (SSSR count). The molecule has 1 heterocycles. The number of hydrogen-bond acceptors (Lipinski definition) is 8. The Labute approximate surface area is 126 Å².